The van der Waals surface area contributed by atoms with E-state index >= 15 is 0 Å². The fraction of sp³-hybridized carbons (Fsp3) is 0.392. The number of nitrogens with one attached hydrogen (secondary N) is 1. The molecule has 5 aliphatic rings. The lowest BCUT2D eigenvalue weighted by molar-refractivity contribution is -0.420. The predicted octanol–water partition coefficient (Wildman–Crippen LogP) is 11.5. The van der Waals surface area contributed by atoms with Crippen molar-refractivity contribution in [1.29, 1.82) is 0 Å². The third-order valence-corrected chi connectivity index (χ3v) is 19.2. The van der Waals surface area contributed by atoms with E-state index in [-0.39, 0.29) is 27.8 Å². The molecule has 0 aromatic heterocycles. The summed E-state index contributed by atoms with van der Waals surface area (Å²) in [6, 6.07) is 21.8. The van der Waals surface area contributed by atoms with E-state index < -0.39 is 36.7 Å². The number of methoxy groups -OCH3 is 3. The fourth-order valence-corrected chi connectivity index (χ4v) is 15.4. The van der Waals surface area contributed by atoms with Crippen LogP contribution in [-0.2, 0) is 20.3 Å². The average molecular weight is 917 g/mol. The number of rotatable bonds is 13. The second-order valence-corrected chi connectivity index (χ2v) is 21.8. The maximum atomic E-state index is 12.8. The Labute approximate surface area is 387 Å². The van der Waals surface area contributed by atoms with Gasteiger partial charge in [0.1, 0.15) is 28.7 Å². The molecule has 0 radical (unpaired) electrons. The van der Waals surface area contributed by atoms with Crippen LogP contribution in [0.3, 0.4) is 0 Å². The van der Waals surface area contributed by atoms with Crippen LogP contribution in [0.15, 0.2) is 113 Å². The van der Waals surface area contributed by atoms with E-state index in [1.807, 2.05) is 30.4 Å². The van der Waals surface area contributed by atoms with Crippen LogP contribution in [0.1, 0.15) is 77.0 Å². The molecule has 9 rings (SSSR count). The summed E-state index contributed by atoms with van der Waals surface area (Å²) >= 11 is 1.61. The Morgan fingerprint density at radius 3 is 2.28 bits per heavy atom. The van der Waals surface area contributed by atoms with Gasteiger partial charge in [-0.15, -0.1) is 0 Å². The first-order valence-corrected chi connectivity index (χ1v) is 24.5. The van der Waals surface area contributed by atoms with Gasteiger partial charge in [-0.05, 0) is 82.1 Å². The number of fused-ring (bicyclic) bond motifs is 5. The Hall–Kier alpha value is -5.57. The molecule has 4 aliphatic heterocycles. The molecule has 4 atom stereocenters. The Kier molecular flexibility index (Phi) is 11.0. The molecular weight excluding hydrogens is 861 g/mol. The van der Waals surface area contributed by atoms with Gasteiger partial charge in [0.2, 0.25) is 0 Å². The number of thioether (sulfide) groups is 1. The zero-order valence-corrected chi connectivity index (χ0v) is 40.0. The van der Waals surface area contributed by atoms with Crippen molar-refractivity contribution in [2.45, 2.75) is 91.4 Å². The number of nitro groups is 2. The van der Waals surface area contributed by atoms with Crippen LogP contribution in [0.5, 0.6) is 11.5 Å². The molecular formula is C51H56N4O8S2. The van der Waals surface area contributed by atoms with Crippen molar-refractivity contribution < 1.29 is 28.8 Å². The molecule has 0 saturated heterocycles. The molecule has 4 aromatic carbocycles. The molecule has 0 amide bonds. The van der Waals surface area contributed by atoms with E-state index in [1.165, 1.54) is 5.56 Å². The summed E-state index contributed by atoms with van der Waals surface area (Å²) in [5.41, 5.74) is 2.88. The first-order valence-electron chi connectivity index (χ1n) is 22.1. The standard InChI is InChI=1S/C51H56N4O8S2/c1-10-11-12-15-22-53-45-40(28-38(60-6)29-42(45)61-7)48(4,5)51(53)44(27-35-24-36(54(56)57)18-19-43(35)64-51)63-31-49(62-8)30-37(55(58)59)23-34-20-21-50(65(9)46(34)49)47(2,3)39-25-32-16-13-14-17-33(32)26-41(39)52-50/h13-14,16-21,23-30,52H,10-12,15,22,31H2,1-9H3. The Morgan fingerprint density at radius 2 is 1.60 bits per heavy atom. The highest BCUT2D eigenvalue weighted by Gasteiger charge is 2.64. The number of allylic oxidation sites excluding steroid dienone is 2. The number of benzene rings is 4. The second kappa shape index (κ2) is 16.1. The molecule has 0 saturated carbocycles. The third kappa shape index (κ3) is 6.56. The van der Waals surface area contributed by atoms with Gasteiger partial charge in [-0.25, -0.2) is 0 Å². The monoisotopic (exact) mass is 916 g/mol. The van der Waals surface area contributed by atoms with Crippen molar-refractivity contribution >= 4 is 61.0 Å². The smallest absolute Gasteiger partial charge is 0.270 e. The SMILES string of the molecule is CCCCCCN1c2c(OC)cc(OC)cc2C(C)(C)C12Sc1ccc([N+](=O)[O-])cc1C=C2OCC1(OC)C=C([N+](=O)[O-])C=C2C=CC3(Nc4cc5ccccc5cc4C3(C)C)S(C)=C21. The van der Waals surface area contributed by atoms with E-state index in [0.717, 1.165) is 63.2 Å². The van der Waals surface area contributed by atoms with Gasteiger partial charge in [-0.3, -0.25) is 20.2 Å². The number of ether oxygens (including phenoxy) is 4. The molecule has 1 N–H and O–H groups in total. The predicted molar refractivity (Wildman–Crippen MR) is 264 cm³/mol. The Balaban J connectivity index is 1.22. The number of anilines is 2. The Bertz CT molecular complexity index is 2850. The quantitative estimate of drug-likeness (QED) is 0.0593. The van der Waals surface area contributed by atoms with E-state index in [9.17, 15) is 20.2 Å². The summed E-state index contributed by atoms with van der Waals surface area (Å²) in [4.78, 5) is 26.8. The number of unbranched alkanes of at least 4 members (excludes halogenated alkanes) is 3. The number of nitrogens with zero attached hydrogens (tertiary/aromatic N) is 3. The van der Waals surface area contributed by atoms with Crippen molar-refractivity contribution in [2.75, 3.05) is 51.0 Å². The summed E-state index contributed by atoms with van der Waals surface area (Å²) in [5, 5.41) is 31.3. The largest absolute Gasteiger partial charge is 0.497 e. The number of nitro benzene ring substituents is 1. The molecule has 14 heteroatoms. The molecule has 340 valence electrons. The van der Waals surface area contributed by atoms with Crippen LogP contribution in [0, 0.1) is 20.2 Å². The number of non-ortho nitro benzene ring substituents is 1. The van der Waals surface area contributed by atoms with Crippen molar-refractivity contribution in [3.05, 3.63) is 145 Å². The lowest BCUT2D eigenvalue weighted by atomic mass is 9.78. The van der Waals surface area contributed by atoms with Crippen LogP contribution in [-0.4, -0.2) is 70.8 Å². The summed E-state index contributed by atoms with van der Waals surface area (Å²) in [5.74, 6) is 1.86. The van der Waals surface area contributed by atoms with Crippen molar-refractivity contribution in [3.63, 3.8) is 0 Å². The summed E-state index contributed by atoms with van der Waals surface area (Å²) in [6.07, 6.45) is 15.6. The van der Waals surface area contributed by atoms with Gasteiger partial charge in [0.25, 0.3) is 11.4 Å². The lowest BCUT2D eigenvalue weighted by Gasteiger charge is -2.51. The average Bonchev–Trinajstić information content (AvgIpc) is 3.62. The molecule has 4 aromatic rings. The van der Waals surface area contributed by atoms with Crippen molar-refractivity contribution in [3.8, 4) is 11.5 Å². The minimum Gasteiger partial charge on any atom is -0.497 e. The summed E-state index contributed by atoms with van der Waals surface area (Å²) < 4.78 is 26.0. The first kappa shape index (κ1) is 44.6. The molecule has 1 aliphatic carbocycles. The van der Waals surface area contributed by atoms with E-state index in [4.69, 9.17) is 18.9 Å². The van der Waals surface area contributed by atoms with Crippen LogP contribution < -0.4 is 19.7 Å². The second-order valence-electron chi connectivity index (χ2n) is 18.5. The van der Waals surface area contributed by atoms with Crippen LogP contribution in [0.4, 0.5) is 17.1 Å². The maximum Gasteiger partial charge on any atom is 0.270 e. The number of hydrogen-bond acceptors (Lipinski definition) is 11. The zero-order chi connectivity index (χ0) is 46.3. The fourth-order valence-electron chi connectivity index (χ4n) is 10.9. The summed E-state index contributed by atoms with van der Waals surface area (Å²) in [6.45, 7) is 11.6. The molecule has 4 unspecified atom stereocenters. The zero-order valence-electron chi connectivity index (χ0n) is 38.4. The molecule has 12 nitrogen and oxygen atoms in total. The highest BCUT2D eigenvalue weighted by Crippen LogP contribution is 2.67. The lowest BCUT2D eigenvalue weighted by Crippen LogP contribution is -2.57. The Morgan fingerprint density at radius 1 is 0.846 bits per heavy atom. The van der Waals surface area contributed by atoms with Crippen molar-refractivity contribution in [1.82, 2.24) is 0 Å². The minimum absolute atomic E-state index is 0.0351. The van der Waals surface area contributed by atoms with Gasteiger partial charge in [-0.1, -0.05) is 96.0 Å². The third-order valence-electron chi connectivity index (χ3n) is 14.4. The molecule has 65 heavy (non-hydrogen) atoms. The normalized spacial score (nSPS) is 25.2. The highest BCUT2D eigenvalue weighted by atomic mass is 32.2. The van der Waals surface area contributed by atoms with Gasteiger partial charge >= 0.3 is 0 Å². The van der Waals surface area contributed by atoms with Crippen LogP contribution in [0.25, 0.3) is 16.8 Å². The summed E-state index contributed by atoms with van der Waals surface area (Å²) in [7, 11) is 4.24. The molecule has 0 bridgehead atoms. The molecule has 0 fully saturated rings. The van der Waals surface area contributed by atoms with Gasteiger partial charge in [0.05, 0.1) is 29.8 Å². The van der Waals surface area contributed by atoms with Gasteiger partial charge in [0, 0.05) is 70.3 Å². The topological polar surface area (TPSA) is 138 Å². The molecule has 4 heterocycles. The minimum atomic E-state index is -1.41. The van der Waals surface area contributed by atoms with Gasteiger partial charge < -0.3 is 29.2 Å². The van der Waals surface area contributed by atoms with Gasteiger partial charge in [0.15, 0.2) is 10.5 Å². The van der Waals surface area contributed by atoms with E-state index in [2.05, 4.69) is 93.6 Å². The van der Waals surface area contributed by atoms with E-state index in [0.29, 0.717) is 34.9 Å². The molecule has 2 spiro atoms. The number of hydrogen-bond donors (Lipinski definition) is 1. The van der Waals surface area contributed by atoms with Gasteiger partial charge in [-0.2, -0.15) is 10.5 Å². The van der Waals surface area contributed by atoms with E-state index in [1.54, 1.807) is 57.4 Å². The first-order chi connectivity index (χ1) is 31.0. The maximum absolute atomic E-state index is 12.8. The van der Waals surface area contributed by atoms with Crippen LogP contribution in [0.2, 0.25) is 0 Å². The van der Waals surface area contributed by atoms with Crippen molar-refractivity contribution in [2.24, 2.45) is 0 Å². The van der Waals surface area contributed by atoms with Crippen LogP contribution >= 0.6 is 22.2 Å². The highest BCUT2D eigenvalue weighted by molar-refractivity contribution is 8.17.